The van der Waals surface area contributed by atoms with Crippen molar-refractivity contribution in [3.8, 4) is 5.75 Å². The molecule has 1 amide bonds. The van der Waals surface area contributed by atoms with Crippen molar-refractivity contribution < 1.29 is 9.53 Å². The van der Waals surface area contributed by atoms with Gasteiger partial charge in [0.05, 0.1) is 12.0 Å². The largest absolute Gasteiger partial charge is 0.494 e. The quantitative estimate of drug-likeness (QED) is 0.562. The Morgan fingerprint density at radius 2 is 1.82 bits per heavy atom. The summed E-state index contributed by atoms with van der Waals surface area (Å²) >= 11 is 7.46. The lowest BCUT2D eigenvalue weighted by Crippen LogP contribution is -2.50. The van der Waals surface area contributed by atoms with E-state index in [1.807, 2.05) is 72.8 Å². The highest BCUT2D eigenvalue weighted by Gasteiger charge is 2.34. The Bertz CT molecular complexity index is 1360. The lowest BCUT2D eigenvalue weighted by Gasteiger charge is -2.34. The fourth-order valence-corrected chi connectivity index (χ4v) is 4.73. The normalized spacial score (nSPS) is 16.7. The van der Waals surface area contributed by atoms with Crippen LogP contribution in [0.25, 0.3) is 5.70 Å². The van der Waals surface area contributed by atoms with E-state index in [0.29, 0.717) is 28.2 Å². The molecule has 172 valence electrons. The van der Waals surface area contributed by atoms with Crippen molar-refractivity contribution in [1.29, 1.82) is 0 Å². The topological polar surface area (TPSA) is 66.3 Å². The Morgan fingerprint density at radius 1 is 1.06 bits per heavy atom. The summed E-state index contributed by atoms with van der Waals surface area (Å²) in [6.45, 7) is 2.75. The van der Waals surface area contributed by atoms with E-state index >= 15 is 0 Å². The molecule has 0 aromatic heterocycles. The van der Waals surface area contributed by atoms with Crippen LogP contribution < -0.4 is 20.6 Å². The standard InChI is InChI=1S/C26H23ClN4O2S/c1-2-15-33-20-13-9-18(10-14-20)24-28-22-6-4-3-5-21(22)23-25(32)29-26(30-31(23)24)34-16-17-7-11-19(27)12-8-17/h3-14,24H,2,15-16H2,1H3,(H,29,30,32). The number of amidine groups is 1. The number of hydrogen-bond donors (Lipinski definition) is 1. The van der Waals surface area contributed by atoms with Crippen molar-refractivity contribution in [3.63, 3.8) is 0 Å². The van der Waals surface area contributed by atoms with E-state index in [-0.39, 0.29) is 5.91 Å². The number of amides is 1. The molecule has 1 atom stereocenters. The van der Waals surface area contributed by atoms with E-state index in [1.54, 1.807) is 5.01 Å². The summed E-state index contributed by atoms with van der Waals surface area (Å²) < 4.78 is 5.72. The third kappa shape index (κ3) is 4.67. The highest BCUT2D eigenvalue weighted by atomic mass is 35.5. The summed E-state index contributed by atoms with van der Waals surface area (Å²) in [4.78, 5) is 18.2. The summed E-state index contributed by atoms with van der Waals surface area (Å²) in [5.41, 5.74) is 2.52. The molecular formula is C26H23ClN4O2S. The number of fused-ring (bicyclic) bond motifs is 2. The maximum atomic E-state index is 13.2. The van der Waals surface area contributed by atoms with Gasteiger partial charge in [-0.05, 0) is 47.9 Å². The fraction of sp³-hybridized carbons (Fsp3) is 0.192. The molecule has 34 heavy (non-hydrogen) atoms. The predicted octanol–water partition coefficient (Wildman–Crippen LogP) is 4.21. The van der Waals surface area contributed by atoms with Crippen LogP contribution in [0.1, 0.15) is 30.6 Å². The van der Waals surface area contributed by atoms with Gasteiger partial charge in [0, 0.05) is 16.0 Å². The predicted molar refractivity (Wildman–Crippen MR) is 136 cm³/mol. The number of thioether (sulfide) groups is 1. The van der Waals surface area contributed by atoms with Gasteiger partial charge < -0.3 is 4.74 Å². The van der Waals surface area contributed by atoms with Crippen LogP contribution in [-0.2, 0) is 10.5 Å². The Morgan fingerprint density at radius 3 is 2.59 bits per heavy atom. The molecule has 0 radical (unpaired) electrons. The first kappa shape index (κ1) is 22.5. The zero-order valence-electron chi connectivity index (χ0n) is 18.6. The summed E-state index contributed by atoms with van der Waals surface area (Å²) in [6.07, 6.45) is 0.491. The van der Waals surface area contributed by atoms with Gasteiger partial charge in [-0.3, -0.25) is 15.1 Å². The number of nitrogens with one attached hydrogen (secondary N) is 1. The second-order valence-electron chi connectivity index (χ2n) is 7.91. The molecule has 0 aliphatic carbocycles. The van der Waals surface area contributed by atoms with Gasteiger partial charge in [0.15, 0.2) is 11.3 Å². The number of nitrogens with zero attached hydrogens (tertiary/aromatic N) is 3. The van der Waals surface area contributed by atoms with E-state index in [0.717, 1.165) is 33.9 Å². The van der Waals surface area contributed by atoms with Crippen LogP contribution in [0.3, 0.4) is 0 Å². The lowest BCUT2D eigenvalue weighted by molar-refractivity contribution is -0.116. The highest BCUT2D eigenvalue weighted by molar-refractivity contribution is 8.13. The molecule has 2 aliphatic rings. The molecule has 0 saturated carbocycles. The van der Waals surface area contributed by atoms with Crippen molar-refractivity contribution in [3.05, 3.63) is 99.5 Å². The summed E-state index contributed by atoms with van der Waals surface area (Å²) in [7, 11) is 0. The van der Waals surface area contributed by atoms with Crippen LogP contribution in [0.2, 0.25) is 5.02 Å². The van der Waals surface area contributed by atoms with Gasteiger partial charge in [-0.15, -0.1) is 5.10 Å². The first-order valence-electron chi connectivity index (χ1n) is 11.1. The Kier molecular flexibility index (Phi) is 6.56. The first-order chi connectivity index (χ1) is 16.6. The number of rotatable bonds is 6. The molecule has 8 heteroatoms. The van der Waals surface area contributed by atoms with Crippen LogP contribution in [0.15, 0.2) is 82.9 Å². The molecule has 1 N–H and O–H groups in total. The molecule has 6 nitrogen and oxygen atoms in total. The van der Waals surface area contributed by atoms with Crippen LogP contribution in [0.5, 0.6) is 5.75 Å². The van der Waals surface area contributed by atoms with Crippen molar-refractivity contribution in [1.82, 2.24) is 10.3 Å². The summed E-state index contributed by atoms with van der Waals surface area (Å²) in [5, 5.41) is 12.3. The van der Waals surface area contributed by atoms with Gasteiger partial charge in [-0.1, -0.05) is 72.8 Å². The Balaban J connectivity index is 1.49. The zero-order valence-corrected chi connectivity index (χ0v) is 20.1. The fourth-order valence-electron chi connectivity index (χ4n) is 3.80. The van der Waals surface area contributed by atoms with E-state index in [4.69, 9.17) is 26.4 Å². The second-order valence-corrected chi connectivity index (χ2v) is 9.31. The maximum Gasteiger partial charge on any atom is 0.276 e. The third-order valence-electron chi connectivity index (χ3n) is 5.46. The van der Waals surface area contributed by atoms with Gasteiger partial charge in [-0.25, -0.2) is 5.01 Å². The minimum absolute atomic E-state index is 0.191. The molecule has 0 spiro atoms. The lowest BCUT2D eigenvalue weighted by atomic mass is 10.1. The van der Waals surface area contributed by atoms with E-state index < -0.39 is 6.17 Å². The number of ether oxygens (including phenoxy) is 1. The van der Waals surface area contributed by atoms with Crippen LogP contribution >= 0.6 is 23.4 Å². The minimum Gasteiger partial charge on any atom is -0.494 e. The molecule has 0 fully saturated rings. The van der Waals surface area contributed by atoms with Crippen molar-refractivity contribution >= 4 is 40.1 Å². The SMILES string of the molecule is CCCOc1ccc(C2N=c3ccccc3=C3C(=O)NC(SCc4ccc(Cl)cc4)=NN32)cc1. The molecule has 3 aromatic rings. The van der Waals surface area contributed by atoms with Gasteiger partial charge in [0.25, 0.3) is 5.91 Å². The van der Waals surface area contributed by atoms with Gasteiger partial charge in [-0.2, -0.15) is 0 Å². The molecule has 5 rings (SSSR count). The average Bonchev–Trinajstić information content (AvgIpc) is 2.87. The van der Waals surface area contributed by atoms with E-state index in [9.17, 15) is 4.79 Å². The monoisotopic (exact) mass is 490 g/mol. The summed E-state index contributed by atoms with van der Waals surface area (Å²) in [5.74, 6) is 1.27. The summed E-state index contributed by atoms with van der Waals surface area (Å²) in [6, 6.07) is 23.1. The maximum absolute atomic E-state index is 13.2. The van der Waals surface area contributed by atoms with Crippen LogP contribution in [0, 0.1) is 0 Å². The Hall–Kier alpha value is -3.29. The number of halogens is 1. The van der Waals surface area contributed by atoms with Gasteiger partial charge in [0.1, 0.15) is 11.4 Å². The van der Waals surface area contributed by atoms with Crippen molar-refractivity contribution in [2.24, 2.45) is 10.1 Å². The average molecular weight is 491 g/mol. The Labute approximate surface area is 207 Å². The number of benzene rings is 3. The number of para-hydroxylation sites is 1. The van der Waals surface area contributed by atoms with Crippen LogP contribution in [0.4, 0.5) is 0 Å². The van der Waals surface area contributed by atoms with E-state index in [1.165, 1.54) is 11.8 Å². The third-order valence-corrected chi connectivity index (χ3v) is 6.64. The molecule has 1 unspecified atom stereocenters. The minimum atomic E-state index is -0.456. The molecule has 0 bridgehead atoms. The highest BCUT2D eigenvalue weighted by Crippen LogP contribution is 2.32. The first-order valence-corrected chi connectivity index (χ1v) is 12.4. The van der Waals surface area contributed by atoms with Crippen molar-refractivity contribution in [2.75, 3.05) is 6.61 Å². The smallest absolute Gasteiger partial charge is 0.276 e. The number of carbonyl (C=O) groups is 1. The molecule has 3 aromatic carbocycles. The van der Waals surface area contributed by atoms with E-state index in [2.05, 4.69) is 12.2 Å². The zero-order chi connectivity index (χ0) is 23.5. The van der Waals surface area contributed by atoms with Crippen LogP contribution in [-0.4, -0.2) is 22.7 Å². The van der Waals surface area contributed by atoms with Gasteiger partial charge >= 0.3 is 0 Å². The number of hydrogen-bond acceptors (Lipinski definition) is 6. The molecule has 2 aliphatic heterocycles. The molecular weight excluding hydrogens is 468 g/mol. The second kappa shape index (κ2) is 9.91. The molecule has 0 saturated heterocycles. The number of carbonyl (C=O) groups excluding carboxylic acids is 1. The number of hydrazone groups is 1. The molecule has 2 heterocycles. The van der Waals surface area contributed by atoms with Crippen molar-refractivity contribution in [2.45, 2.75) is 25.3 Å². The van der Waals surface area contributed by atoms with Gasteiger partial charge in [0.2, 0.25) is 0 Å².